The molecule has 1 unspecified atom stereocenters. The van der Waals surface area contributed by atoms with E-state index >= 15 is 0 Å². The van der Waals surface area contributed by atoms with E-state index in [1.165, 1.54) is 12.1 Å². The van der Waals surface area contributed by atoms with Crippen molar-refractivity contribution in [3.05, 3.63) is 110 Å². The molecule has 32 heavy (non-hydrogen) atoms. The molecule has 3 aromatic rings. The third-order valence-corrected chi connectivity index (χ3v) is 6.10. The van der Waals surface area contributed by atoms with Crippen LogP contribution in [0.5, 0.6) is 0 Å². The van der Waals surface area contributed by atoms with Gasteiger partial charge in [0.15, 0.2) is 0 Å². The predicted octanol–water partition coefficient (Wildman–Crippen LogP) is 6.06. The maximum atomic E-state index is 13.9. The van der Waals surface area contributed by atoms with Crippen LogP contribution in [0.3, 0.4) is 0 Å². The summed E-state index contributed by atoms with van der Waals surface area (Å²) in [5.74, 6) is -1.59. The Bertz CT molecular complexity index is 1240. The molecule has 160 valence electrons. The highest BCUT2D eigenvalue weighted by Gasteiger charge is 2.34. The average molecular weight is 512 g/mol. The number of carboxylic acids is 1. The van der Waals surface area contributed by atoms with E-state index < -0.39 is 11.8 Å². The van der Waals surface area contributed by atoms with Gasteiger partial charge in [-0.2, -0.15) is 5.26 Å². The standard InChI is InChI=1S/C25H17BrClFN2O2/c26-20-9-18(10-22(28)11-20)23(25(31)32)19-13-30(14-19)24(16-4-6-21(27)7-5-16)17-3-1-2-15(8-17)12-29/h1-11,24H,13-14H2,(H,31,32). The van der Waals surface area contributed by atoms with E-state index in [1.54, 1.807) is 12.1 Å². The molecule has 4 rings (SSSR count). The summed E-state index contributed by atoms with van der Waals surface area (Å²) in [4.78, 5) is 14.1. The number of carbonyl (C=O) groups is 1. The van der Waals surface area contributed by atoms with Gasteiger partial charge in [0.25, 0.3) is 0 Å². The monoisotopic (exact) mass is 510 g/mol. The topological polar surface area (TPSA) is 64.3 Å². The molecule has 1 atom stereocenters. The Morgan fingerprint density at radius 2 is 1.81 bits per heavy atom. The quantitative estimate of drug-likeness (QED) is 0.423. The summed E-state index contributed by atoms with van der Waals surface area (Å²) in [6.07, 6.45) is 0. The van der Waals surface area contributed by atoms with Gasteiger partial charge in [-0.3, -0.25) is 4.90 Å². The van der Waals surface area contributed by atoms with Crippen LogP contribution in [0.4, 0.5) is 4.39 Å². The van der Waals surface area contributed by atoms with Gasteiger partial charge >= 0.3 is 5.97 Å². The van der Waals surface area contributed by atoms with E-state index in [-0.39, 0.29) is 11.6 Å². The van der Waals surface area contributed by atoms with Crippen LogP contribution in [0, 0.1) is 17.1 Å². The van der Waals surface area contributed by atoms with Gasteiger partial charge in [-0.1, -0.05) is 51.8 Å². The zero-order valence-corrected chi connectivity index (χ0v) is 19.1. The average Bonchev–Trinajstić information content (AvgIpc) is 2.72. The maximum Gasteiger partial charge on any atom is 0.336 e. The highest BCUT2D eigenvalue weighted by molar-refractivity contribution is 9.10. The van der Waals surface area contributed by atoms with Crippen molar-refractivity contribution in [2.75, 3.05) is 13.1 Å². The van der Waals surface area contributed by atoms with E-state index in [0.29, 0.717) is 39.3 Å². The second-order valence-electron chi connectivity index (χ2n) is 7.54. The number of nitrogens with zero attached hydrogens (tertiary/aromatic N) is 2. The lowest BCUT2D eigenvalue weighted by Crippen LogP contribution is -2.44. The molecule has 0 bridgehead atoms. The maximum absolute atomic E-state index is 13.9. The first-order chi connectivity index (χ1) is 15.4. The summed E-state index contributed by atoms with van der Waals surface area (Å²) in [6, 6.07) is 20.9. The van der Waals surface area contributed by atoms with Crippen molar-refractivity contribution < 1.29 is 14.3 Å². The largest absolute Gasteiger partial charge is 0.478 e. The lowest BCUT2D eigenvalue weighted by atomic mass is 9.89. The van der Waals surface area contributed by atoms with Gasteiger partial charge in [0.2, 0.25) is 0 Å². The molecule has 1 heterocycles. The van der Waals surface area contributed by atoms with Crippen LogP contribution >= 0.6 is 27.5 Å². The lowest BCUT2D eigenvalue weighted by molar-refractivity contribution is -0.130. The van der Waals surface area contributed by atoms with Crippen LogP contribution in [-0.2, 0) is 4.79 Å². The number of hydrogen-bond donors (Lipinski definition) is 1. The minimum atomic E-state index is -1.09. The Hall–Kier alpha value is -2.98. The van der Waals surface area contributed by atoms with Crippen LogP contribution in [0.25, 0.3) is 5.57 Å². The molecule has 7 heteroatoms. The molecule has 1 fully saturated rings. The molecule has 0 spiro atoms. The highest BCUT2D eigenvalue weighted by Crippen LogP contribution is 2.38. The zero-order valence-electron chi connectivity index (χ0n) is 16.7. The molecule has 0 amide bonds. The molecular formula is C25H17BrClFN2O2. The Kier molecular flexibility index (Phi) is 6.43. The molecule has 1 aliphatic rings. The van der Waals surface area contributed by atoms with Gasteiger partial charge in [0, 0.05) is 22.6 Å². The van der Waals surface area contributed by atoms with Gasteiger partial charge in [-0.15, -0.1) is 0 Å². The minimum absolute atomic E-state index is 0.113. The van der Waals surface area contributed by atoms with Crippen molar-refractivity contribution >= 4 is 39.1 Å². The number of carboxylic acid groups (broad SMARTS) is 1. The Morgan fingerprint density at radius 1 is 1.09 bits per heavy atom. The Balaban J connectivity index is 1.72. The molecule has 0 aliphatic carbocycles. The normalized spacial score (nSPS) is 14.4. The Morgan fingerprint density at radius 3 is 2.44 bits per heavy atom. The van der Waals surface area contributed by atoms with Crippen LogP contribution in [0.15, 0.2) is 76.8 Å². The van der Waals surface area contributed by atoms with Crippen LogP contribution in [-0.4, -0.2) is 29.1 Å². The SMILES string of the molecule is N#Cc1cccc(C(c2ccc(Cl)cc2)N2CC(=C(C(=O)O)c3cc(F)cc(Br)c3)C2)c1. The molecule has 1 aliphatic heterocycles. The number of hydrogen-bond acceptors (Lipinski definition) is 3. The molecular weight excluding hydrogens is 495 g/mol. The van der Waals surface area contributed by atoms with Gasteiger partial charge in [0.1, 0.15) is 5.82 Å². The molecule has 3 aromatic carbocycles. The first-order valence-electron chi connectivity index (χ1n) is 9.77. The van der Waals surface area contributed by atoms with Crippen molar-refractivity contribution in [2.24, 2.45) is 0 Å². The zero-order chi connectivity index (χ0) is 22.8. The third-order valence-electron chi connectivity index (χ3n) is 5.39. The number of nitriles is 1. The first kappa shape index (κ1) is 22.2. The van der Waals surface area contributed by atoms with Gasteiger partial charge in [0.05, 0.1) is 23.2 Å². The summed E-state index contributed by atoms with van der Waals surface area (Å²) in [5.41, 5.74) is 3.61. The molecule has 1 N–H and O–H groups in total. The first-order valence-corrected chi connectivity index (χ1v) is 10.9. The Labute approximate surface area is 198 Å². The fraction of sp³-hybridized carbons (Fsp3) is 0.120. The summed E-state index contributed by atoms with van der Waals surface area (Å²) >= 11 is 9.30. The van der Waals surface area contributed by atoms with Crippen molar-refractivity contribution in [3.63, 3.8) is 0 Å². The number of rotatable bonds is 5. The summed E-state index contributed by atoms with van der Waals surface area (Å²) in [7, 11) is 0. The van der Waals surface area contributed by atoms with E-state index in [2.05, 4.69) is 26.9 Å². The highest BCUT2D eigenvalue weighted by atomic mass is 79.9. The smallest absolute Gasteiger partial charge is 0.336 e. The number of halogens is 3. The second kappa shape index (κ2) is 9.25. The number of aliphatic carboxylic acids is 1. The number of benzene rings is 3. The van der Waals surface area contributed by atoms with Crippen molar-refractivity contribution in [1.82, 2.24) is 4.90 Å². The second-order valence-corrected chi connectivity index (χ2v) is 8.89. The molecule has 0 aromatic heterocycles. The molecule has 0 saturated carbocycles. The molecule has 0 radical (unpaired) electrons. The van der Waals surface area contributed by atoms with E-state index in [4.69, 9.17) is 11.6 Å². The van der Waals surface area contributed by atoms with Crippen molar-refractivity contribution in [3.8, 4) is 6.07 Å². The number of likely N-dealkylation sites (tertiary alicyclic amines) is 1. The van der Waals surface area contributed by atoms with Gasteiger partial charge in [-0.05, 0) is 64.7 Å². The van der Waals surface area contributed by atoms with Crippen LogP contribution < -0.4 is 0 Å². The lowest BCUT2D eigenvalue weighted by Gasteiger charge is -2.42. The van der Waals surface area contributed by atoms with Crippen LogP contribution in [0.1, 0.15) is 28.3 Å². The van der Waals surface area contributed by atoms with E-state index in [9.17, 15) is 19.6 Å². The van der Waals surface area contributed by atoms with Crippen LogP contribution in [0.2, 0.25) is 5.02 Å². The summed E-state index contributed by atoms with van der Waals surface area (Å²) in [5, 5.41) is 19.8. The summed E-state index contributed by atoms with van der Waals surface area (Å²) < 4.78 is 14.4. The summed E-state index contributed by atoms with van der Waals surface area (Å²) in [6.45, 7) is 0.805. The predicted molar refractivity (Wildman–Crippen MR) is 125 cm³/mol. The molecule has 1 saturated heterocycles. The minimum Gasteiger partial charge on any atom is -0.478 e. The van der Waals surface area contributed by atoms with Crippen molar-refractivity contribution in [1.29, 1.82) is 5.26 Å². The van der Waals surface area contributed by atoms with Crippen molar-refractivity contribution in [2.45, 2.75) is 6.04 Å². The van der Waals surface area contributed by atoms with E-state index in [0.717, 1.165) is 11.1 Å². The molecule has 4 nitrogen and oxygen atoms in total. The fourth-order valence-corrected chi connectivity index (χ4v) is 4.59. The van der Waals surface area contributed by atoms with Gasteiger partial charge < -0.3 is 5.11 Å². The van der Waals surface area contributed by atoms with E-state index in [1.807, 2.05) is 42.5 Å². The third kappa shape index (κ3) is 4.61. The fourth-order valence-electron chi connectivity index (χ4n) is 4.00. The van der Waals surface area contributed by atoms with Gasteiger partial charge in [-0.25, -0.2) is 9.18 Å².